The number of nitrogens with two attached hydrogens (primary N) is 1. The third-order valence-electron chi connectivity index (χ3n) is 7.81. The van der Waals surface area contributed by atoms with Gasteiger partial charge >= 0.3 is 0 Å². The second kappa shape index (κ2) is 17.5. The molecule has 3 atom stereocenters. The minimum atomic E-state index is -0.629. The monoisotopic (exact) mass is 681 g/mol. The van der Waals surface area contributed by atoms with Crippen molar-refractivity contribution in [1.82, 2.24) is 30.8 Å². The first-order chi connectivity index (χ1) is 22.5. The van der Waals surface area contributed by atoms with Crippen LogP contribution in [0.1, 0.15) is 108 Å². The number of hydrogen-bond donors (Lipinski definition) is 4. The van der Waals surface area contributed by atoms with E-state index in [2.05, 4.69) is 39.8 Å². The minimum Gasteiger partial charge on any atom is -0.351 e. The van der Waals surface area contributed by atoms with Gasteiger partial charge in [0.2, 0.25) is 11.8 Å². The van der Waals surface area contributed by atoms with Crippen LogP contribution in [0.4, 0.5) is 0 Å². The lowest BCUT2D eigenvalue weighted by Crippen LogP contribution is -2.46. The van der Waals surface area contributed by atoms with Gasteiger partial charge < -0.3 is 26.6 Å². The normalized spacial score (nSPS) is 19.5. The number of hydrogen-bond acceptors (Lipinski definition) is 9. The molecule has 0 unspecified atom stereocenters. The molecular weight excluding hydrogens is 635 g/mol. The largest absolute Gasteiger partial charge is 0.351 e. The van der Waals surface area contributed by atoms with Gasteiger partial charge in [-0.05, 0) is 49.5 Å². The number of aromatic nitrogens is 2. The van der Waals surface area contributed by atoms with Crippen LogP contribution < -0.4 is 21.7 Å². The molecule has 1 aliphatic heterocycles. The van der Waals surface area contributed by atoms with Crippen molar-refractivity contribution in [2.24, 2.45) is 17.6 Å². The average molecular weight is 682 g/mol. The lowest BCUT2D eigenvalue weighted by atomic mass is 10.0. The molecular formula is C34H47N7O4S2. The number of thiazole rings is 2. The number of nitrogens with zero attached hydrogens (tertiary/aromatic N) is 3. The van der Waals surface area contributed by atoms with Crippen LogP contribution in [-0.4, -0.2) is 64.2 Å². The van der Waals surface area contributed by atoms with Crippen molar-refractivity contribution in [2.75, 3.05) is 19.6 Å². The Kier molecular flexibility index (Phi) is 13.4. The molecule has 4 amide bonds. The first-order valence-electron chi connectivity index (χ1n) is 16.4. The summed E-state index contributed by atoms with van der Waals surface area (Å²) >= 11 is 2.65. The van der Waals surface area contributed by atoms with E-state index in [0.717, 1.165) is 5.56 Å². The zero-order valence-electron chi connectivity index (χ0n) is 27.7. The summed E-state index contributed by atoms with van der Waals surface area (Å²) < 4.78 is 0. The molecule has 3 aromatic rings. The second-order valence-corrected chi connectivity index (χ2v) is 14.7. The fourth-order valence-corrected chi connectivity index (χ4v) is 7.23. The van der Waals surface area contributed by atoms with Gasteiger partial charge in [-0.3, -0.25) is 19.2 Å². The van der Waals surface area contributed by atoms with Crippen LogP contribution in [-0.2, 0) is 16.0 Å². The summed E-state index contributed by atoms with van der Waals surface area (Å²) in [7, 11) is 0. The van der Waals surface area contributed by atoms with Crippen LogP contribution in [0.25, 0.3) is 0 Å². The van der Waals surface area contributed by atoms with Crippen molar-refractivity contribution < 1.29 is 19.2 Å². The minimum absolute atomic E-state index is 0.142. The fourth-order valence-electron chi connectivity index (χ4n) is 5.51. The maximum atomic E-state index is 13.5. The zero-order valence-corrected chi connectivity index (χ0v) is 29.3. The lowest BCUT2D eigenvalue weighted by Gasteiger charge is -2.27. The van der Waals surface area contributed by atoms with Crippen molar-refractivity contribution in [1.29, 1.82) is 0 Å². The van der Waals surface area contributed by atoms with E-state index < -0.39 is 12.1 Å². The van der Waals surface area contributed by atoms with Gasteiger partial charge in [-0.1, -0.05) is 58.0 Å². The smallest absolute Gasteiger partial charge is 0.271 e. The molecule has 2 aromatic heterocycles. The Labute approximate surface area is 285 Å². The van der Waals surface area contributed by atoms with Gasteiger partial charge in [0.15, 0.2) is 0 Å². The first kappa shape index (κ1) is 36.2. The van der Waals surface area contributed by atoms with Crippen LogP contribution in [0.15, 0.2) is 41.1 Å². The maximum absolute atomic E-state index is 13.5. The van der Waals surface area contributed by atoms with Gasteiger partial charge in [-0.25, -0.2) is 9.97 Å². The summed E-state index contributed by atoms with van der Waals surface area (Å²) in [4.78, 5) is 64.0. The average Bonchev–Trinajstić information content (AvgIpc) is 3.72. The number of carbonyl (C=O) groups is 4. The SMILES string of the molecule is CC(C)C[C@@H]1NC(=O)CCCN(C(=O)[C@@H](N)CC(C)C)CCCNC(=O)c2csc(n2)[C@H](Cc2ccccc2)NC(=O)c2csc1n2. The van der Waals surface area contributed by atoms with E-state index in [-0.39, 0.29) is 59.3 Å². The molecule has 11 nitrogen and oxygen atoms in total. The molecule has 0 spiro atoms. The third kappa shape index (κ3) is 10.9. The van der Waals surface area contributed by atoms with E-state index in [9.17, 15) is 19.2 Å². The molecule has 5 N–H and O–H groups in total. The molecule has 0 fully saturated rings. The number of nitrogens with one attached hydrogen (secondary N) is 3. The van der Waals surface area contributed by atoms with E-state index in [1.165, 1.54) is 22.7 Å². The number of amides is 4. The highest BCUT2D eigenvalue weighted by atomic mass is 32.1. The van der Waals surface area contributed by atoms with Crippen molar-refractivity contribution in [3.05, 3.63) is 68.1 Å². The highest BCUT2D eigenvalue weighted by Crippen LogP contribution is 2.27. The molecule has 4 rings (SSSR count). The molecule has 13 heteroatoms. The maximum Gasteiger partial charge on any atom is 0.271 e. The highest BCUT2D eigenvalue weighted by Gasteiger charge is 2.26. The summed E-state index contributed by atoms with van der Waals surface area (Å²) in [5, 5.41) is 13.8. The third-order valence-corrected chi connectivity index (χ3v) is 9.73. The van der Waals surface area contributed by atoms with Crippen molar-refractivity contribution in [3.63, 3.8) is 0 Å². The number of rotatable bonds is 7. The standard InChI is InChI=1S/C34H47N7O4S2/c1-21(2)16-24(35)34(45)41-14-8-12-29(42)37-25(17-22(3)4)32-40-28(20-47-32)31(44)38-26(18-23-10-6-5-7-11-23)33-39-27(19-46-33)30(43)36-13-9-15-41/h5-7,10-11,19-22,24-26H,8-9,12-18,35H2,1-4H3,(H,36,43)(H,37,42)(H,38,44)/t24-,25-,26-/m0/s1. The van der Waals surface area contributed by atoms with E-state index in [0.29, 0.717) is 61.8 Å². The molecule has 1 aliphatic rings. The number of benzene rings is 1. The summed E-state index contributed by atoms with van der Waals surface area (Å²) in [6.07, 6.45) is 2.91. The quantitative estimate of drug-likeness (QED) is 0.283. The zero-order chi connectivity index (χ0) is 33.9. The van der Waals surface area contributed by atoms with Crippen LogP contribution in [0.3, 0.4) is 0 Å². The van der Waals surface area contributed by atoms with Crippen LogP contribution >= 0.6 is 22.7 Å². The van der Waals surface area contributed by atoms with Crippen molar-refractivity contribution in [3.8, 4) is 0 Å². The molecule has 0 radical (unpaired) electrons. The van der Waals surface area contributed by atoms with Gasteiger partial charge in [-0.2, -0.15) is 0 Å². The van der Waals surface area contributed by atoms with Crippen LogP contribution in [0.5, 0.6) is 0 Å². The molecule has 47 heavy (non-hydrogen) atoms. The van der Waals surface area contributed by atoms with E-state index in [1.54, 1.807) is 15.7 Å². The Morgan fingerprint density at radius 3 is 2.19 bits per heavy atom. The second-order valence-electron chi connectivity index (χ2n) is 12.9. The van der Waals surface area contributed by atoms with Crippen molar-refractivity contribution in [2.45, 2.75) is 84.3 Å². The van der Waals surface area contributed by atoms with Gasteiger partial charge in [-0.15, -0.1) is 22.7 Å². The Morgan fingerprint density at radius 2 is 1.53 bits per heavy atom. The Bertz CT molecular complexity index is 1490. The van der Waals surface area contributed by atoms with Gasteiger partial charge in [0.1, 0.15) is 21.4 Å². The fraction of sp³-hybridized carbons (Fsp3) is 0.529. The summed E-state index contributed by atoms with van der Waals surface area (Å²) in [5.41, 5.74) is 7.81. The molecule has 0 saturated carbocycles. The number of fused-ring (bicyclic) bond motifs is 4. The molecule has 1 aromatic carbocycles. The molecule has 3 heterocycles. The van der Waals surface area contributed by atoms with E-state index in [1.807, 2.05) is 44.2 Å². The van der Waals surface area contributed by atoms with Crippen molar-refractivity contribution >= 4 is 46.3 Å². The first-order valence-corrected chi connectivity index (χ1v) is 18.1. The molecule has 0 aliphatic carbocycles. The van der Waals surface area contributed by atoms with E-state index in [4.69, 9.17) is 5.73 Å². The summed E-state index contributed by atoms with van der Waals surface area (Å²) in [6, 6.07) is 8.31. The van der Waals surface area contributed by atoms with E-state index >= 15 is 0 Å². The summed E-state index contributed by atoms with van der Waals surface area (Å²) in [5.74, 6) is -0.428. The Morgan fingerprint density at radius 1 is 0.894 bits per heavy atom. The lowest BCUT2D eigenvalue weighted by molar-refractivity contribution is -0.133. The molecule has 254 valence electrons. The Hall–Kier alpha value is -3.68. The predicted molar refractivity (Wildman–Crippen MR) is 185 cm³/mol. The number of carbonyl (C=O) groups excluding carboxylic acids is 4. The van der Waals surface area contributed by atoms with Crippen LogP contribution in [0.2, 0.25) is 0 Å². The molecule has 4 bridgehead atoms. The topological polar surface area (TPSA) is 159 Å². The highest BCUT2D eigenvalue weighted by molar-refractivity contribution is 7.10. The molecule has 0 saturated heterocycles. The van der Waals surface area contributed by atoms with Crippen LogP contribution in [0, 0.1) is 11.8 Å². The summed E-state index contributed by atoms with van der Waals surface area (Å²) in [6.45, 7) is 9.31. The van der Waals surface area contributed by atoms with Gasteiger partial charge in [0, 0.05) is 36.8 Å². The van der Waals surface area contributed by atoms with Gasteiger partial charge in [0.25, 0.3) is 11.8 Å². The Balaban J connectivity index is 1.61. The predicted octanol–water partition coefficient (Wildman–Crippen LogP) is 4.63. The van der Waals surface area contributed by atoms with Gasteiger partial charge in [0.05, 0.1) is 18.1 Å².